The Morgan fingerprint density at radius 1 is 0.833 bits per heavy atom. The zero-order chi connectivity index (χ0) is 20.6. The lowest BCUT2D eigenvalue weighted by atomic mass is 10.2. The fraction of sp³-hybridized carbons (Fsp3) is 0.0435. The van der Waals surface area contributed by atoms with Gasteiger partial charge in [0.25, 0.3) is 5.91 Å². The molecule has 0 saturated carbocycles. The highest BCUT2D eigenvalue weighted by Crippen LogP contribution is 2.29. The number of aromatic nitrogens is 3. The molecular formula is C23H19N5O2. The molecule has 2 aromatic heterocycles. The van der Waals surface area contributed by atoms with Crippen molar-refractivity contribution >= 4 is 17.5 Å². The Kier molecular flexibility index (Phi) is 5.91. The Bertz CT molecular complexity index is 1100. The van der Waals surface area contributed by atoms with E-state index in [0.717, 1.165) is 5.69 Å². The number of nitrogens with one attached hydrogen (secondary N) is 2. The fourth-order valence-electron chi connectivity index (χ4n) is 2.68. The quantitative estimate of drug-likeness (QED) is 0.476. The third-order valence-electron chi connectivity index (χ3n) is 4.17. The molecule has 7 nitrogen and oxygen atoms in total. The molecule has 0 aliphatic carbocycles. The number of carbonyl (C=O) groups excluding carboxylic acids is 1. The van der Waals surface area contributed by atoms with E-state index in [4.69, 9.17) is 4.74 Å². The molecule has 0 radical (unpaired) electrons. The van der Waals surface area contributed by atoms with Crippen LogP contribution >= 0.6 is 0 Å². The second kappa shape index (κ2) is 9.29. The Balaban J connectivity index is 1.40. The molecule has 0 saturated heterocycles. The van der Waals surface area contributed by atoms with E-state index in [2.05, 4.69) is 25.6 Å². The Hall–Kier alpha value is -4.26. The average Bonchev–Trinajstić information content (AvgIpc) is 2.81. The molecule has 4 rings (SSSR count). The van der Waals surface area contributed by atoms with Crippen LogP contribution in [0.2, 0.25) is 0 Å². The molecule has 1 amide bonds. The van der Waals surface area contributed by atoms with Gasteiger partial charge in [-0.15, -0.1) is 0 Å². The number of pyridine rings is 1. The van der Waals surface area contributed by atoms with Gasteiger partial charge in [0.05, 0.1) is 23.5 Å². The SMILES string of the molecule is O=C(Nc1ccccc1Oc1ccccc1)c1cnc(NCc2ccccn2)nc1. The number of hydrogen-bond donors (Lipinski definition) is 2. The van der Waals surface area contributed by atoms with Crippen molar-refractivity contribution in [3.63, 3.8) is 0 Å². The van der Waals surface area contributed by atoms with Crippen LogP contribution in [-0.4, -0.2) is 20.9 Å². The summed E-state index contributed by atoms with van der Waals surface area (Å²) in [7, 11) is 0. The zero-order valence-corrected chi connectivity index (χ0v) is 16.0. The summed E-state index contributed by atoms with van der Waals surface area (Å²) in [5.74, 6) is 1.33. The van der Waals surface area contributed by atoms with Crippen molar-refractivity contribution in [1.82, 2.24) is 15.0 Å². The molecule has 2 N–H and O–H groups in total. The van der Waals surface area contributed by atoms with Crippen LogP contribution in [0.1, 0.15) is 16.1 Å². The van der Waals surface area contributed by atoms with Crippen LogP contribution in [0, 0.1) is 0 Å². The Morgan fingerprint density at radius 2 is 1.57 bits per heavy atom. The van der Waals surface area contributed by atoms with Crippen molar-refractivity contribution in [2.24, 2.45) is 0 Å². The molecule has 0 aliphatic heterocycles. The summed E-state index contributed by atoms with van der Waals surface area (Å²) in [6.45, 7) is 0.497. The van der Waals surface area contributed by atoms with E-state index in [1.165, 1.54) is 12.4 Å². The highest BCUT2D eigenvalue weighted by molar-refractivity contribution is 6.04. The molecule has 2 heterocycles. The van der Waals surface area contributed by atoms with Crippen LogP contribution in [0.4, 0.5) is 11.6 Å². The van der Waals surface area contributed by atoms with Gasteiger partial charge in [-0.05, 0) is 36.4 Å². The van der Waals surface area contributed by atoms with Gasteiger partial charge < -0.3 is 15.4 Å². The minimum atomic E-state index is -0.324. The number of ether oxygens (including phenoxy) is 1. The maximum atomic E-state index is 12.6. The average molecular weight is 397 g/mol. The fourth-order valence-corrected chi connectivity index (χ4v) is 2.68. The molecule has 4 aromatic rings. The Morgan fingerprint density at radius 3 is 2.33 bits per heavy atom. The molecule has 0 atom stereocenters. The normalized spacial score (nSPS) is 10.3. The molecule has 0 spiro atoms. The first-order chi connectivity index (χ1) is 14.8. The van der Waals surface area contributed by atoms with Crippen molar-refractivity contribution in [1.29, 1.82) is 0 Å². The number of rotatable bonds is 7. The number of anilines is 2. The summed E-state index contributed by atoms with van der Waals surface area (Å²) in [6.07, 6.45) is 4.68. The summed E-state index contributed by atoms with van der Waals surface area (Å²) in [6, 6.07) is 22.3. The van der Waals surface area contributed by atoms with E-state index in [1.807, 2.05) is 60.7 Å². The maximum Gasteiger partial charge on any atom is 0.258 e. The first-order valence-corrected chi connectivity index (χ1v) is 9.37. The van der Waals surface area contributed by atoms with Gasteiger partial charge in [-0.3, -0.25) is 9.78 Å². The van der Waals surface area contributed by atoms with Crippen LogP contribution in [0.25, 0.3) is 0 Å². The molecule has 2 aromatic carbocycles. The minimum Gasteiger partial charge on any atom is -0.455 e. The first-order valence-electron chi connectivity index (χ1n) is 9.37. The molecule has 0 aliphatic rings. The van der Waals surface area contributed by atoms with E-state index >= 15 is 0 Å². The molecular weight excluding hydrogens is 378 g/mol. The number of carbonyl (C=O) groups is 1. The van der Waals surface area contributed by atoms with Gasteiger partial charge in [-0.25, -0.2) is 9.97 Å². The summed E-state index contributed by atoms with van der Waals surface area (Å²) in [5, 5.41) is 5.93. The highest BCUT2D eigenvalue weighted by atomic mass is 16.5. The second-order valence-electron chi connectivity index (χ2n) is 6.34. The summed E-state index contributed by atoms with van der Waals surface area (Å²) >= 11 is 0. The summed E-state index contributed by atoms with van der Waals surface area (Å²) in [5.41, 5.74) is 1.77. The lowest BCUT2D eigenvalue weighted by Gasteiger charge is -2.12. The second-order valence-corrected chi connectivity index (χ2v) is 6.34. The van der Waals surface area contributed by atoms with Gasteiger partial charge in [0.2, 0.25) is 5.95 Å². The molecule has 30 heavy (non-hydrogen) atoms. The number of amides is 1. The number of nitrogens with zero attached hydrogens (tertiary/aromatic N) is 3. The van der Waals surface area contributed by atoms with E-state index in [9.17, 15) is 4.79 Å². The number of para-hydroxylation sites is 3. The standard InChI is InChI=1S/C23H19N5O2/c29-22(17-14-25-23(26-15-17)27-16-18-8-6-7-13-24-18)28-20-11-4-5-12-21(20)30-19-9-2-1-3-10-19/h1-15H,16H2,(H,28,29)(H,25,26,27). The van der Waals surface area contributed by atoms with Crippen molar-refractivity contribution in [2.75, 3.05) is 10.6 Å². The highest BCUT2D eigenvalue weighted by Gasteiger charge is 2.11. The zero-order valence-electron chi connectivity index (χ0n) is 16.0. The summed E-state index contributed by atoms with van der Waals surface area (Å²) in [4.78, 5) is 25.3. The first kappa shape index (κ1) is 19.1. The Labute approximate surface area is 173 Å². The largest absolute Gasteiger partial charge is 0.455 e. The van der Waals surface area contributed by atoms with Crippen LogP contribution in [-0.2, 0) is 6.54 Å². The van der Waals surface area contributed by atoms with Gasteiger partial charge in [-0.2, -0.15) is 0 Å². The van der Waals surface area contributed by atoms with Gasteiger partial charge in [0.15, 0.2) is 5.75 Å². The number of benzene rings is 2. The maximum absolute atomic E-state index is 12.6. The van der Waals surface area contributed by atoms with Crippen LogP contribution in [0.3, 0.4) is 0 Å². The van der Waals surface area contributed by atoms with E-state index < -0.39 is 0 Å². The molecule has 0 fully saturated rings. The van der Waals surface area contributed by atoms with E-state index in [-0.39, 0.29) is 5.91 Å². The van der Waals surface area contributed by atoms with E-state index in [1.54, 1.807) is 18.3 Å². The lowest BCUT2D eigenvalue weighted by molar-refractivity contribution is 0.102. The van der Waals surface area contributed by atoms with Crippen LogP contribution in [0.15, 0.2) is 91.4 Å². The van der Waals surface area contributed by atoms with Crippen LogP contribution < -0.4 is 15.4 Å². The lowest BCUT2D eigenvalue weighted by Crippen LogP contribution is -2.14. The number of hydrogen-bond acceptors (Lipinski definition) is 6. The van der Waals surface area contributed by atoms with Crippen molar-refractivity contribution in [3.8, 4) is 11.5 Å². The topological polar surface area (TPSA) is 89.0 Å². The van der Waals surface area contributed by atoms with Gasteiger partial charge in [0.1, 0.15) is 5.75 Å². The predicted molar refractivity (Wildman–Crippen MR) is 115 cm³/mol. The minimum absolute atomic E-state index is 0.324. The molecule has 7 heteroatoms. The van der Waals surface area contributed by atoms with Crippen molar-refractivity contribution in [2.45, 2.75) is 6.54 Å². The van der Waals surface area contributed by atoms with Gasteiger partial charge in [-0.1, -0.05) is 36.4 Å². The predicted octanol–water partition coefficient (Wildman–Crippen LogP) is 4.53. The summed E-state index contributed by atoms with van der Waals surface area (Å²) < 4.78 is 5.88. The third kappa shape index (κ3) is 4.96. The van der Waals surface area contributed by atoms with Crippen molar-refractivity contribution < 1.29 is 9.53 Å². The third-order valence-corrected chi connectivity index (χ3v) is 4.17. The molecule has 148 valence electrons. The van der Waals surface area contributed by atoms with Gasteiger partial charge in [0, 0.05) is 18.6 Å². The van der Waals surface area contributed by atoms with Gasteiger partial charge >= 0.3 is 0 Å². The monoisotopic (exact) mass is 397 g/mol. The molecule has 0 unspecified atom stereocenters. The smallest absolute Gasteiger partial charge is 0.258 e. The molecule has 0 bridgehead atoms. The van der Waals surface area contributed by atoms with E-state index in [0.29, 0.717) is 35.2 Å². The van der Waals surface area contributed by atoms with Crippen LogP contribution in [0.5, 0.6) is 11.5 Å². The van der Waals surface area contributed by atoms with Crippen molar-refractivity contribution in [3.05, 3.63) is 103 Å².